The molecular formula is C40H26Br2O6. The highest BCUT2D eigenvalue weighted by Gasteiger charge is 2.36. The number of hydrogen-bond acceptors (Lipinski definition) is 6. The van der Waals surface area contributed by atoms with Crippen LogP contribution in [0.3, 0.4) is 0 Å². The van der Waals surface area contributed by atoms with E-state index in [4.69, 9.17) is 9.47 Å². The number of halogens is 2. The van der Waals surface area contributed by atoms with Gasteiger partial charge in [-0.15, -0.1) is 0 Å². The molecule has 8 heteroatoms. The van der Waals surface area contributed by atoms with E-state index >= 15 is 0 Å². The van der Waals surface area contributed by atoms with Crippen molar-refractivity contribution in [3.05, 3.63) is 158 Å². The van der Waals surface area contributed by atoms with Crippen molar-refractivity contribution < 1.29 is 29.0 Å². The molecule has 0 saturated heterocycles. The minimum atomic E-state index is -0.818. The molecule has 0 saturated carbocycles. The summed E-state index contributed by atoms with van der Waals surface area (Å²) in [6.07, 6.45) is 0.693. The molecule has 0 aliphatic carbocycles. The zero-order valence-electron chi connectivity index (χ0n) is 25.3. The number of ether oxygens (including phenoxy) is 2. The molecular weight excluding hydrogens is 736 g/mol. The molecule has 6 aromatic carbocycles. The minimum Gasteiger partial charge on any atom is -0.507 e. The molecule has 0 radical (unpaired) electrons. The third-order valence-electron chi connectivity index (χ3n) is 8.57. The summed E-state index contributed by atoms with van der Waals surface area (Å²) in [6, 6.07) is 37.7. The van der Waals surface area contributed by atoms with Gasteiger partial charge in [-0.3, -0.25) is 9.59 Å². The molecule has 1 N–H and O–H groups in total. The van der Waals surface area contributed by atoms with Crippen LogP contribution in [0, 0.1) is 5.92 Å². The molecule has 0 fully saturated rings. The average Bonchev–Trinajstić information content (AvgIpc) is 3.11. The van der Waals surface area contributed by atoms with E-state index in [9.17, 15) is 19.5 Å². The van der Waals surface area contributed by atoms with Gasteiger partial charge in [0.2, 0.25) is 0 Å². The number of fused-ring (bicyclic) bond motifs is 6. The predicted octanol–water partition coefficient (Wildman–Crippen LogP) is 9.60. The average molecular weight is 762 g/mol. The molecule has 0 bridgehead atoms. The van der Waals surface area contributed by atoms with Crippen LogP contribution in [0.1, 0.15) is 27.0 Å². The maximum Gasteiger partial charge on any atom is 0.343 e. The molecule has 0 amide bonds. The van der Waals surface area contributed by atoms with E-state index in [0.29, 0.717) is 39.9 Å². The van der Waals surface area contributed by atoms with Gasteiger partial charge >= 0.3 is 11.9 Å². The predicted molar refractivity (Wildman–Crippen MR) is 192 cm³/mol. The topological polar surface area (TPSA) is 89.9 Å². The van der Waals surface area contributed by atoms with E-state index in [1.54, 1.807) is 30.3 Å². The molecule has 6 aromatic rings. The molecule has 8 rings (SSSR count). The largest absolute Gasteiger partial charge is 0.507 e. The lowest BCUT2D eigenvalue weighted by Crippen LogP contribution is -2.34. The Hall–Kier alpha value is -5.05. The van der Waals surface area contributed by atoms with E-state index in [0.717, 1.165) is 37.1 Å². The van der Waals surface area contributed by atoms with Gasteiger partial charge < -0.3 is 14.6 Å². The van der Waals surface area contributed by atoms with Gasteiger partial charge in [0, 0.05) is 37.6 Å². The summed E-state index contributed by atoms with van der Waals surface area (Å²) in [5.41, 5.74) is 3.18. The Balaban J connectivity index is 0.000000152. The molecule has 6 nitrogen and oxygen atoms in total. The Bertz CT molecular complexity index is 2310. The number of esters is 2. The number of rotatable bonds is 3. The highest BCUT2D eigenvalue weighted by molar-refractivity contribution is 9.10. The van der Waals surface area contributed by atoms with Crippen LogP contribution in [0.25, 0.3) is 27.3 Å². The second kappa shape index (κ2) is 13.2. The molecule has 1 unspecified atom stereocenters. The lowest BCUT2D eigenvalue weighted by molar-refractivity contribution is -0.138. The summed E-state index contributed by atoms with van der Waals surface area (Å²) in [5.74, 6) is -0.971. The van der Waals surface area contributed by atoms with Crippen LogP contribution >= 0.6 is 31.9 Å². The first-order chi connectivity index (χ1) is 23.3. The summed E-state index contributed by atoms with van der Waals surface area (Å²) in [7, 11) is 0. The van der Waals surface area contributed by atoms with Gasteiger partial charge in [-0.2, -0.15) is 0 Å². The van der Waals surface area contributed by atoms with Crippen LogP contribution in [-0.4, -0.2) is 22.8 Å². The SMILES string of the molecule is O=C1Oc2ccc3ccccc3c2C/C1=C(/O)c1ccccc1Br.O=C1Oc2ccc3ccccc3c2CC1C(=O)c1ccccc1Br. The summed E-state index contributed by atoms with van der Waals surface area (Å²) in [5, 5.41) is 14.8. The Kier molecular flexibility index (Phi) is 8.69. The van der Waals surface area contributed by atoms with Gasteiger partial charge in [-0.1, -0.05) is 129 Å². The maximum absolute atomic E-state index is 12.8. The zero-order valence-corrected chi connectivity index (χ0v) is 28.5. The van der Waals surface area contributed by atoms with Crippen LogP contribution in [0.4, 0.5) is 0 Å². The number of aliphatic hydroxyl groups is 1. The van der Waals surface area contributed by atoms with E-state index in [-0.39, 0.29) is 17.1 Å². The third kappa shape index (κ3) is 5.93. The number of ketones is 1. The molecule has 0 aromatic heterocycles. The van der Waals surface area contributed by atoms with E-state index < -0.39 is 17.9 Å². The summed E-state index contributed by atoms with van der Waals surface area (Å²) in [4.78, 5) is 37.6. The number of hydrogen-bond donors (Lipinski definition) is 1. The zero-order chi connectivity index (χ0) is 33.4. The Morgan fingerprint density at radius 3 is 1.77 bits per heavy atom. The fourth-order valence-corrected chi connectivity index (χ4v) is 7.09. The van der Waals surface area contributed by atoms with E-state index in [1.807, 2.05) is 91.0 Å². The summed E-state index contributed by atoms with van der Waals surface area (Å²) < 4.78 is 12.3. The quantitative estimate of drug-likeness (QED) is 0.0483. The summed E-state index contributed by atoms with van der Waals surface area (Å²) >= 11 is 6.79. The fourth-order valence-electron chi connectivity index (χ4n) is 6.14. The van der Waals surface area contributed by atoms with Gasteiger partial charge in [0.15, 0.2) is 5.78 Å². The molecule has 2 aliphatic rings. The van der Waals surface area contributed by atoms with E-state index in [1.165, 1.54) is 0 Å². The van der Waals surface area contributed by atoms with Crippen molar-refractivity contribution in [2.45, 2.75) is 12.8 Å². The van der Waals surface area contributed by atoms with Crippen LogP contribution in [0.2, 0.25) is 0 Å². The standard InChI is InChI=1S/2C20H13BrO3/c2*21-17-8-4-3-7-14(17)19(22)16-11-15-13-6-2-1-5-12(13)9-10-18(15)24-20(16)23/h1-10,22H,11H2;1-10,16H,11H2/b19-16-;. The maximum atomic E-state index is 12.8. The van der Waals surface area contributed by atoms with Crippen molar-refractivity contribution in [3.8, 4) is 11.5 Å². The van der Waals surface area contributed by atoms with Gasteiger partial charge in [0.1, 0.15) is 23.2 Å². The lowest BCUT2D eigenvalue weighted by Gasteiger charge is -2.24. The number of benzene rings is 6. The molecule has 2 heterocycles. The van der Waals surface area contributed by atoms with Crippen molar-refractivity contribution in [3.63, 3.8) is 0 Å². The molecule has 0 spiro atoms. The Morgan fingerprint density at radius 2 is 1.15 bits per heavy atom. The number of carbonyl (C=O) groups is 3. The van der Waals surface area contributed by atoms with Gasteiger partial charge in [0.25, 0.3) is 0 Å². The van der Waals surface area contributed by atoms with Crippen molar-refractivity contribution >= 4 is 76.9 Å². The van der Waals surface area contributed by atoms with Gasteiger partial charge in [-0.25, -0.2) is 4.79 Å². The van der Waals surface area contributed by atoms with Gasteiger partial charge in [0.05, 0.1) is 5.57 Å². The van der Waals surface area contributed by atoms with Gasteiger partial charge in [-0.05, 0) is 52.2 Å². The second-order valence-corrected chi connectivity index (χ2v) is 13.1. The van der Waals surface area contributed by atoms with Crippen molar-refractivity contribution in [2.75, 3.05) is 0 Å². The first-order valence-electron chi connectivity index (χ1n) is 15.2. The summed E-state index contributed by atoms with van der Waals surface area (Å²) in [6.45, 7) is 0. The van der Waals surface area contributed by atoms with Crippen LogP contribution in [-0.2, 0) is 22.4 Å². The first-order valence-corrected chi connectivity index (χ1v) is 16.8. The molecule has 48 heavy (non-hydrogen) atoms. The van der Waals surface area contributed by atoms with Crippen LogP contribution in [0.5, 0.6) is 11.5 Å². The molecule has 236 valence electrons. The smallest absolute Gasteiger partial charge is 0.343 e. The monoisotopic (exact) mass is 760 g/mol. The molecule has 2 aliphatic heterocycles. The number of carbonyl (C=O) groups excluding carboxylic acids is 3. The fraction of sp³-hybridized carbons (Fsp3) is 0.0750. The lowest BCUT2D eigenvalue weighted by atomic mass is 9.87. The highest BCUT2D eigenvalue weighted by Crippen LogP contribution is 2.38. The minimum absolute atomic E-state index is 0.0499. The third-order valence-corrected chi connectivity index (χ3v) is 9.95. The van der Waals surface area contributed by atoms with Crippen LogP contribution < -0.4 is 9.47 Å². The van der Waals surface area contributed by atoms with Crippen molar-refractivity contribution in [1.82, 2.24) is 0 Å². The van der Waals surface area contributed by atoms with E-state index in [2.05, 4.69) is 31.9 Å². The van der Waals surface area contributed by atoms with Crippen molar-refractivity contribution in [1.29, 1.82) is 0 Å². The first kappa shape index (κ1) is 31.5. The van der Waals surface area contributed by atoms with Crippen LogP contribution in [0.15, 0.2) is 136 Å². The highest BCUT2D eigenvalue weighted by atomic mass is 79.9. The second-order valence-electron chi connectivity index (χ2n) is 11.4. The van der Waals surface area contributed by atoms with Crippen molar-refractivity contribution in [2.24, 2.45) is 5.92 Å². The Morgan fingerprint density at radius 1 is 0.625 bits per heavy atom. The Labute approximate surface area is 292 Å². The normalized spacial score (nSPS) is 16.2. The molecule has 1 atom stereocenters. The number of aliphatic hydroxyl groups excluding tert-OH is 1. The number of Topliss-reactive ketones (excluding diaryl/α,β-unsaturated/α-hetero) is 1.